The van der Waals surface area contributed by atoms with Gasteiger partial charge in [0.25, 0.3) is 0 Å². The van der Waals surface area contributed by atoms with Crippen molar-refractivity contribution in [2.24, 2.45) is 11.1 Å². The van der Waals surface area contributed by atoms with Gasteiger partial charge in [0.15, 0.2) is 0 Å². The first-order chi connectivity index (χ1) is 6.83. The number of hydrogen-bond donors (Lipinski definition) is 1. The molecule has 0 radical (unpaired) electrons. The lowest BCUT2D eigenvalue weighted by molar-refractivity contribution is -0.152. The molecule has 0 bridgehead atoms. The van der Waals surface area contributed by atoms with E-state index in [4.69, 9.17) is 5.73 Å². The Morgan fingerprint density at radius 1 is 1.40 bits per heavy atom. The van der Waals surface area contributed by atoms with Crippen LogP contribution in [0.25, 0.3) is 0 Å². The Morgan fingerprint density at radius 2 is 1.93 bits per heavy atom. The van der Waals surface area contributed by atoms with Crippen molar-refractivity contribution in [3.63, 3.8) is 0 Å². The van der Waals surface area contributed by atoms with E-state index < -0.39 is 11.3 Å². The zero-order valence-corrected chi connectivity index (χ0v) is 9.87. The van der Waals surface area contributed by atoms with Crippen LogP contribution in [0.3, 0.4) is 0 Å². The first-order valence-electron chi connectivity index (χ1n) is 4.92. The van der Waals surface area contributed by atoms with Crippen molar-refractivity contribution < 1.29 is 14.3 Å². The summed E-state index contributed by atoms with van der Waals surface area (Å²) in [4.78, 5) is 24.0. The molecule has 5 heteroatoms. The van der Waals surface area contributed by atoms with E-state index in [-0.39, 0.29) is 12.5 Å². The maximum absolute atomic E-state index is 11.4. The number of likely N-dealkylation sites (N-methyl/N-ethyl adjacent to an activating group) is 1. The minimum atomic E-state index is -0.625. The molecule has 0 fully saturated rings. The van der Waals surface area contributed by atoms with E-state index in [0.29, 0.717) is 13.1 Å². The molecule has 0 aliphatic heterocycles. The van der Waals surface area contributed by atoms with Gasteiger partial charge in [-0.15, -0.1) is 0 Å². The summed E-state index contributed by atoms with van der Waals surface area (Å²) in [6.45, 7) is 6.76. The van der Waals surface area contributed by atoms with Crippen LogP contribution < -0.4 is 5.73 Å². The van der Waals surface area contributed by atoms with E-state index in [0.717, 1.165) is 0 Å². The molecule has 0 atom stereocenters. The Labute approximate surface area is 90.6 Å². The van der Waals surface area contributed by atoms with Crippen LogP contribution in [0.15, 0.2) is 0 Å². The second-order valence-electron chi connectivity index (χ2n) is 4.15. The van der Waals surface area contributed by atoms with Gasteiger partial charge in [-0.1, -0.05) is 6.92 Å². The fraction of sp³-hybridized carbons (Fsp3) is 0.800. The van der Waals surface area contributed by atoms with Crippen LogP contribution in [0.4, 0.5) is 0 Å². The van der Waals surface area contributed by atoms with Crippen molar-refractivity contribution in [3.8, 4) is 0 Å². The van der Waals surface area contributed by atoms with Crippen molar-refractivity contribution in [1.29, 1.82) is 0 Å². The van der Waals surface area contributed by atoms with Crippen molar-refractivity contribution in [2.75, 3.05) is 26.7 Å². The molecule has 0 aromatic carbocycles. The van der Waals surface area contributed by atoms with E-state index >= 15 is 0 Å². The van der Waals surface area contributed by atoms with Gasteiger partial charge in [0.05, 0.1) is 19.1 Å². The summed E-state index contributed by atoms with van der Waals surface area (Å²) in [6, 6.07) is 0. The predicted octanol–water partition coefficient (Wildman–Crippen LogP) is -0.00720. The molecule has 0 rings (SSSR count). The fourth-order valence-electron chi connectivity index (χ4n) is 1.40. The monoisotopic (exact) mass is 216 g/mol. The highest BCUT2D eigenvalue weighted by molar-refractivity contribution is 5.77. The maximum atomic E-state index is 11.4. The average molecular weight is 216 g/mol. The number of nitrogens with zero attached hydrogens (tertiary/aromatic N) is 1. The summed E-state index contributed by atoms with van der Waals surface area (Å²) in [5.41, 5.74) is 4.47. The number of carbonyl (C=O) groups is 2. The number of hydrogen-bond acceptors (Lipinski definition) is 4. The molecular weight excluding hydrogens is 196 g/mol. The quantitative estimate of drug-likeness (QED) is 0.634. The second kappa shape index (κ2) is 5.70. The molecule has 0 aromatic heterocycles. The minimum Gasteiger partial charge on any atom is -0.469 e. The van der Waals surface area contributed by atoms with E-state index in [1.54, 1.807) is 13.8 Å². The number of amides is 1. The first kappa shape index (κ1) is 13.9. The van der Waals surface area contributed by atoms with Crippen LogP contribution in [-0.4, -0.2) is 43.5 Å². The van der Waals surface area contributed by atoms with Crippen LogP contribution in [0, 0.1) is 5.41 Å². The van der Waals surface area contributed by atoms with Crippen molar-refractivity contribution in [1.82, 2.24) is 4.90 Å². The lowest BCUT2D eigenvalue weighted by Crippen LogP contribution is -2.43. The molecule has 0 aliphatic carbocycles. The minimum absolute atomic E-state index is 0.164. The predicted molar refractivity (Wildman–Crippen MR) is 57.1 cm³/mol. The molecule has 0 heterocycles. The van der Waals surface area contributed by atoms with Crippen LogP contribution in [0.1, 0.15) is 20.8 Å². The topological polar surface area (TPSA) is 72.6 Å². The summed E-state index contributed by atoms with van der Waals surface area (Å²) in [5.74, 6) is -0.678. The molecule has 5 nitrogen and oxygen atoms in total. The SMILES string of the molecule is CCN(CC(N)=O)CC(C)(C)C(=O)OC. The summed E-state index contributed by atoms with van der Waals surface area (Å²) in [5, 5.41) is 0. The highest BCUT2D eigenvalue weighted by Gasteiger charge is 2.30. The second-order valence-corrected chi connectivity index (χ2v) is 4.15. The number of rotatable bonds is 6. The third-order valence-corrected chi connectivity index (χ3v) is 2.18. The third-order valence-electron chi connectivity index (χ3n) is 2.18. The average Bonchev–Trinajstić information content (AvgIpc) is 2.14. The van der Waals surface area contributed by atoms with E-state index in [9.17, 15) is 9.59 Å². The summed E-state index contributed by atoms with van der Waals surface area (Å²) in [6.07, 6.45) is 0. The van der Waals surface area contributed by atoms with Crippen molar-refractivity contribution >= 4 is 11.9 Å². The maximum Gasteiger partial charge on any atom is 0.312 e. The van der Waals surface area contributed by atoms with Gasteiger partial charge in [-0.2, -0.15) is 0 Å². The summed E-state index contributed by atoms with van der Waals surface area (Å²) in [7, 11) is 1.36. The Hall–Kier alpha value is -1.10. The van der Waals surface area contributed by atoms with E-state index in [1.165, 1.54) is 7.11 Å². The van der Waals surface area contributed by atoms with Gasteiger partial charge in [-0.05, 0) is 20.4 Å². The molecule has 0 unspecified atom stereocenters. The molecule has 88 valence electrons. The first-order valence-corrected chi connectivity index (χ1v) is 4.92. The van der Waals surface area contributed by atoms with Gasteiger partial charge in [0.1, 0.15) is 0 Å². The van der Waals surface area contributed by atoms with Gasteiger partial charge >= 0.3 is 5.97 Å². The van der Waals surface area contributed by atoms with Crippen LogP contribution in [-0.2, 0) is 14.3 Å². The number of methoxy groups -OCH3 is 1. The highest BCUT2D eigenvalue weighted by atomic mass is 16.5. The molecule has 1 amide bonds. The van der Waals surface area contributed by atoms with Gasteiger partial charge in [-0.25, -0.2) is 0 Å². The number of esters is 1. The zero-order chi connectivity index (χ0) is 12.1. The smallest absolute Gasteiger partial charge is 0.312 e. The Balaban J connectivity index is 4.39. The van der Waals surface area contributed by atoms with Gasteiger partial charge in [0.2, 0.25) is 5.91 Å². The number of nitrogens with two attached hydrogens (primary N) is 1. The van der Waals surface area contributed by atoms with Gasteiger partial charge in [-0.3, -0.25) is 14.5 Å². The number of ether oxygens (including phenoxy) is 1. The van der Waals surface area contributed by atoms with E-state index in [1.807, 2.05) is 11.8 Å². The Bertz CT molecular complexity index is 239. The summed E-state index contributed by atoms with van der Waals surface area (Å²) < 4.78 is 4.68. The van der Waals surface area contributed by atoms with Crippen molar-refractivity contribution in [3.05, 3.63) is 0 Å². The number of carbonyl (C=O) groups excluding carboxylic acids is 2. The molecule has 0 saturated heterocycles. The fourth-order valence-corrected chi connectivity index (χ4v) is 1.40. The standard InChI is InChI=1S/C10H20N2O3/c1-5-12(6-8(11)13)7-10(2,3)9(14)15-4/h5-7H2,1-4H3,(H2,11,13). The van der Waals surface area contributed by atoms with Crippen LogP contribution >= 0.6 is 0 Å². The normalized spacial score (nSPS) is 11.5. The molecule has 2 N–H and O–H groups in total. The molecule has 15 heavy (non-hydrogen) atoms. The lowest BCUT2D eigenvalue weighted by atomic mass is 9.93. The van der Waals surface area contributed by atoms with Crippen LogP contribution in [0.2, 0.25) is 0 Å². The summed E-state index contributed by atoms with van der Waals surface area (Å²) >= 11 is 0. The third kappa shape index (κ3) is 4.78. The van der Waals surface area contributed by atoms with Gasteiger partial charge in [0, 0.05) is 6.54 Å². The van der Waals surface area contributed by atoms with Gasteiger partial charge < -0.3 is 10.5 Å². The molecule has 0 aromatic rings. The zero-order valence-electron chi connectivity index (χ0n) is 9.87. The van der Waals surface area contributed by atoms with E-state index in [2.05, 4.69) is 4.74 Å². The molecule has 0 aliphatic rings. The Kier molecular flexibility index (Phi) is 5.28. The molecular formula is C10H20N2O3. The van der Waals surface area contributed by atoms with Crippen LogP contribution in [0.5, 0.6) is 0 Å². The largest absolute Gasteiger partial charge is 0.469 e. The lowest BCUT2D eigenvalue weighted by Gasteiger charge is -2.28. The molecule has 0 spiro atoms. The number of primary amides is 1. The highest BCUT2D eigenvalue weighted by Crippen LogP contribution is 2.18. The van der Waals surface area contributed by atoms with Crippen molar-refractivity contribution in [2.45, 2.75) is 20.8 Å². The molecule has 0 saturated carbocycles. The Morgan fingerprint density at radius 3 is 2.27 bits per heavy atom.